The monoisotopic (exact) mass is 349 g/mol. The molecular weight excluding hydrogens is 330 g/mol. The van der Waals surface area contributed by atoms with Crippen molar-refractivity contribution in [2.24, 2.45) is 0 Å². The molecule has 0 bridgehead atoms. The van der Waals surface area contributed by atoms with Crippen LogP contribution in [0, 0.1) is 0 Å². The molecule has 4 rings (SSSR count). The van der Waals surface area contributed by atoms with Gasteiger partial charge in [-0.15, -0.1) is 5.10 Å². The van der Waals surface area contributed by atoms with Crippen LogP contribution in [0.25, 0.3) is 17.4 Å². The van der Waals surface area contributed by atoms with Gasteiger partial charge in [-0.1, -0.05) is 31.2 Å². The number of aryl methyl sites for hydroxylation is 1. The average Bonchev–Trinajstić information content (AvgIpc) is 3.32. The Morgan fingerprint density at radius 1 is 1.08 bits per heavy atom. The Hall–Kier alpha value is -3.42. The highest BCUT2D eigenvalue weighted by Gasteiger charge is 2.13. The zero-order chi connectivity index (χ0) is 17.9. The maximum absolute atomic E-state index is 5.98. The van der Waals surface area contributed by atoms with Gasteiger partial charge < -0.3 is 15.5 Å². The van der Waals surface area contributed by atoms with Crippen molar-refractivity contribution in [3.8, 4) is 11.6 Å². The zero-order valence-corrected chi connectivity index (χ0v) is 14.4. The minimum atomic E-state index is 0.218. The number of fused-ring (bicyclic) bond motifs is 1. The van der Waals surface area contributed by atoms with E-state index < -0.39 is 0 Å². The molecule has 0 saturated heterocycles. The Labute approximate surface area is 150 Å². The van der Waals surface area contributed by atoms with E-state index >= 15 is 0 Å². The van der Waals surface area contributed by atoms with Gasteiger partial charge in [0.1, 0.15) is 0 Å². The van der Waals surface area contributed by atoms with Gasteiger partial charge in [0.15, 0.2) is 5.76 Å². The highest BCUT2D eigenvalue weighted by Crippen LogP contribution is 2.17. The summed E-state index contributed by atoms with van der Waals surface area (Å²) in [5, 5.41) is 7.47. The number of furan rings is 1. The molecule has 8 heteroatoms. The lowest BCUT2D eigenvalue weighted by atomic mass is 10.1. The van der Waals surface area contributed by atoms with Crippen LogP contribution < -0.4 is 11.1 Å². The summed E-state index contributed by atoms with van der Waals surface area (Å²) in [6.45, 7) is 2.84. The van der Waals surface area contributed by atoms with Crippen molar-refractivity contribution in [2.75, 3.05) is 17.6 Å². The first-order valence-corrected chi connectivity index (χ1v) is 8.49. The predicted octanol–water partition coefficient (Wildman–Crippen LogP) is 2.58. The van der Waals surface area contributed by atoms with Gasteiger partial charge >= 0.3 is 0 Å². The lowest BCUT2D eigenvalue weighted by molar-refractivity contribution is 0.577. The molecule has 3 heterocycles. The van der Waals surface area contributed by atoms with Gasteiger partial charge in [0.05, 0.1) is 6.26 Å². The van der Waals surface area contributed by atoms with Gasteiger partial charge in [0.2, 0.25) is 17.7 Å². The molecule has 0 atom stereocenters. The first kappa shape index (κ1) is 16.1. The molecule has 0 spiro atoms. The van der Waals surface area contributed by atoms with Crippen molar-refractivity contribution >= 4 is 17.7 Å². The fourth-order valence-corrected chi connectivity index (χ4v) is 2.66. The van der Waals surface area contributed by atoms with Crippen molar-refractivity contribution in [1.29, 1.82) is 0 Å². The van der Waals surface area contributed by atoms with Crippen molar-refractivity contribution in [1.82, 2.24) is 24.6 Å². The summed E-state index contributed by atoms with van der Waals surface area (Å²) in [5.74, 6) is 2.00. The molecule has 8 nitrogen and oxygen atoms in total. The van der Waals surface area contributed by atoms with E-state index in [1.807, 2.05) is 0 Å². The van der Waals surface area contributed by atoms with Crippen LogP contribution in [0.4, 0.5) is 11.9 Å². The maximum Gasteiger partial charge on any atom is 0.259 e. The molecule has 4 aromatic rings. The van der Waals surface area contributed by atoms with E-state index in [-0.39, 0.29) is 5.95 Å². The summed E-state index contributed by atoms with van der Waals surface area (Å²) < 4.78 is 6.70. The van der Waals surface area contributed by atoms with E-state index in [9.17, 15) is 0 Å². The zero-order valence-electron chi connectivity index (χ0n) is 14.4. The Morgan fingerprint density at radius 3 is 2.62 bits per heavy atom. The number of anilines is 2. The van der Waals surface area contributed by atoms with Gasteiger partial charge in [0.25, 0.3) is 5.78 Å². The van der Waals surface area contributed by atoms with Crippen LogP contribution in [-0.4, -0.2) is 31.1 Å². The van der Waals surface area contributed by atoms with Gasteiger partial charge in [-0.05, 0) is 36.1 Å². The number of nitrogen functional groups attached to an aromatic ring is 1. The summed E-state index contributed by atoms with van der Waals surface area (Å²) in [6.07, 6.45) is 3.48. The van der Waals surface area contributed by atoms with Crippen molar-refractivity contribution in [3.05, 3.63) is 53.8 Å². The second-order valence-electron chi connectivity index (χ2n) is 5.88. The van der Waals surface area contributed by atoms with Crippen LogP contribution in [0.1, 0.15) is 18.1 Å². The van der Waals surface area contributed by atoms with Crippen LogP contribution >= 0.6 is 0 Å². The van der Waals surface area contributed by atoms with Crippen molar-refractivity contribution in [3.63, 3.8) is 0 Å². The third kappa shape index (κ3) is 3.21. The van der Waals surface area contributed by atoms with Crippen molar-refractivity contribution < 1.29 is 4.42 Å². The van der Waals surface area contributed by atoms with Crippen LogP contribution in [0.2, 0.25) is 0 Å². The van der Waals surface area contributed by atoms with E-state index in [4.69, 9.17) is 10.2 Å². The number of hydrogen-bond donors (Lipinski definition) is 2. The third-order valence-corrected chi connectivity index (χ3v) is 4.10. The molecule has 3 N–H and O–H groups in total. The van der Waals surface area contributed by atoms with E-state index in [0.717, 1.165) is 12.8 Å². The molecule has 1 aromatic carbocycles. The minimum absolute atomic E-state index is 0.218. The number of rotatable bonds is 6. The molecule has 0 aliphatic rings. The number of aromatic nitrogens is 5. The molecule has 0 aliphatic carbocycles. The smallest absolute Gasteiger partial charge is 0.259 e. The topological polar surface area (TPSA) is 107 Å². The van der Waals surface area contributed by atoms with E-state index in [1.165, 1.54) is 15.6 Å². The number of benzene rings is 1. The van der Waals surface area contributed by atoms with Crippen LogP contribution in [-0.2, 0) is 12.8 Å². The molecule has 26 heavy (non-hydrogen) atoms. The molecule has 3 aromatic heterocycles. The fraction of sp³-hybridized carbons (Fsp3) is 0.222. The standard InChI is InChI=1S/C18H19N7O/c1-2-12-5-7-13(8-6-12)9-10-20-17-22-16(19)25-18(23-17)21-15(24-25)14-4-3-11-26-14/h3-8,11H,2,9-10H2,1H3,(H3,19,20,21,22,23,24). The quantitative estimate of drug-likeness (QED) is 0.551. The van der Waals surface area contributed by atoms with Gasteiger partial charge in [-0.25, -0.2) is 0 Å². The number of nitrogens with zero attached hydrogens (tertiary/aromatic N) is 5. The third-order valence-electron chi connectivity index (χ3n) is 4.10. The summed E-state index contributed by atoms with van der Waals surface area (Å²) >= 11 is 0. The second kappa shape index (κ2) is 6.83. The van der Waals surface area contributed by atoms with Gasteiger partial charge in [-0.2, -0.15) is 19.5 Å². The summed E-state index contributed by atoms with van der Waals surface area (Å²) in [6, 6.07) is 12.2. The molecule has 132 valence electrons. The number of nitrogens with two attached hydrogens (primary N) is 1. The van der Waals surface area contributed by atoms with Gasteiger partial charge in [-0.3, -0.25) is 0 Å². The molecule has 0 amide bonds. The molecule has 0 unspecified atom stereocenters. The van der Waals surface area contributed by atoms with Crippen LogP contribution in [0.15, 0.2) is 47.1 Å². The van der Waals surface area contributed by atoms with Crippen LogP contribution in [0.5, 0.6) is 0 Å². The van der Waals surface area contributed by atoms with Crippen LogP contribution in [0.3, 0.4) is 0 Å². The Bertz CT molecular complexity index is 1010. The molecule has 0 aliphatic heterocycles. The maximum atomic E-state index is 5.98. The SMILES string of the molecule is CCc1ccc(CCNc2nc(N)n3nc(-c4ccco4)nc3n2)cc1. The number of nitrogens with one attached hydrogen (secondary N) is 1. The van der Waals surface area contributed by atoms with Crippen molar-refractivity contribution in [2.45, 2.75) is 19.8 Å². The molecule has 0 saturated carbocycles. The number of hydrogen-bond acceptors (Lipinski definition) is 7. The predicted molar refractivity (Wildman–Crippen MR) is 98.7 cm³/mol. The minimum Gasteiger partial charge on any atom is -0.461 e. The van der Waals surface area contributed by atoms with E-state index in [0.29, 0.717) is 29.9 Å². The lowest BCUT2D eigenvalue weighted by Crippen LogP contribution is -2.12. The van der Waals surface area contributed by atoms with E-state index in [1.54, 1.807) is 18.4 Å². The first-order valence-electron chi connectivity index (χ1n) is 8.49. The molecular formula is C18H19N7O. The largest absolute Gasteiger partial charge is 0.461 e. The summed E-state index contributed by atoms with van der Waals surface area (Å²) in [5.41, 5.74) is 8.57. The highest BCUT2D eigenvalue weighted by atomic mass is 16.3. The Morgan fingerprint density at radius 2 is 1.88 bits per heavy atom. The molecule has 0 fully saturated rings. The highest BCUT2D eigenvalue weighted by molar-refractivity contribution is 5.52. The Kier molecular flexibility index (Phi) is 4.22. The summed E-state index contributed by atoms with van der Waals surface area (Å²) in [7, 11) is 0. The Balaban J connectivity index is 1.48. The first-order chi connectivity index (χ1) is 12.7. The van der Waals surface area contributed by atoms with Gasteiger partial charge in [0, 0.05) is 6.54 Å². The normalized spacial score (nSPS) is 11.1. The van der Waals surface area contributed by atoms with E-state index in [2.05, 4.69) is 56.6 Å². The lowest BCUT2D eigenvalue weighted by Gasteiger charge is -2.06. The fourth-order valence-electron chi connectivity index (χ4n) is 2.66. The molecule has 0 radical (unpaired) electrons. The second-order valence-corrected chi connectivity index (χ2v) is 5.88. The average molecular weight is 349 g/mol. The summed E-state index contributed by atoms with van der Waals surface area (Å²) in [4.78, 5) is 13.0.